The Labute approximate surface area is 121 Å². The van der Waals surface area contributed by atoms with Crippen molar-refractivity contribution in [3.05, 3.63) is 60.9 Å². The smallest absolute Gasteiger partial charge is 0.238 e. The fraction of sp³-hybridized carbons (Fsp3) is 0.0588. The first-order valence-corrected chi connectivity index (χ1v) is 6.75. The number of hydrogen-bond acceptors (Lipinski definition) is 3. The molecule has 0 fully saturated rings. The van der Waals surface area contributed by atoms with Crippen molar-refractivity contribution in [1.29, 1.82) is 0 Å². The number of aryl methyl sites for hydroxylation is 1. The van der Waals surface area contributed by atoms with Crippen LogP contribution in [0.25, 0.3) is 21.9 Å². The van der Waals surface area contributed by atoms with E-state index >= 15 is 0 Å². The lowest BCUT2D eigenvalue weighted by Crippen LogP contribution is -1.91. The van der Waals surface area contributed by atoms with Crippen LogP contribution >= 0.6 is 0 Å². The van der Waals surface area contributed by atoms with Crippen LogP contribution < -0.4 is 4.74 Å². The molecule has 102 valence electrons. The Balaban J connectivity index is 1.79. The van der Waals surface area contributed by atoms with Gasteiger partial charge in [0.15, 0.2) is 0 Å². The van der Waals surface area contributed by atoms with Crippen molar-refractivity contribution in [1.82, 2.24) is 14.5 Å². The molecule has 0 unspecified atom stereocenters. The van der Waals surface area contributed by atoms with E-state index in [1.54, 1.807) is 6.20 Å². The van der Waals surface area contributed by atoms with Crippen molar-refractivity contribution in [2.45, 2.75) is 0 Å². The molecule has 0 amide bonds. The summed E-state index contributed by atoms with van der Waals surface area (Å²) in [5.74, 6) is 1.29. The number of benzene rings is 2. The molecule has 0 saturated heterocycles. The molecule has 4 nitrogen and oxygen atoms in total. The zero-order chi connectivity index (χ0) is 14.2. The average molecular weight is 275 g/mol. The number of nitrogens with zero attached hydrogens (tertiary/aromatic N) is 3. The van der Waals surface area contributed by atoms with Gasteiger partial charge in [0.2, 0.25) is 5.88 Å². The van der Waals surface area contributed by atoms with Crippen LogP contribution in [-0.2, 0) is 7.05 Å². The van der Waals surface area contributed by atoms with Crippen LogP contribution in [0, 0.1) is 0 Å². The number of aromatic nitrogens is 3. The van der Waals surface area contributed by atoms with Gasteiger partial charge in [-0.3, -0.25) is 0 Å². The van der Waals surface area contributed by atoms with Crippen molar-refractivity contribution in [3.63, 3.8) is 0 Å². The van der Waals surface area contributed by atoms with E-state index in [2.05, 4.69) is 20.6 Å². The number of fused-ring (bicyclic) bond motifs is 2. The first kappa shape index (κ1) is 11.9. The molecule has 0 spiro atoms. The fourth-order valence-corrected chi connectivity index (χ4v) is 2.47. The van der Waals surface area contributed by atoms with Crippen molar-refractivity contribution < 1.29 is 4.74 Å². The van der Waals surface area contributed by atoms with Crippen LogP contribution in [0.5, 0.6) is 11.6 Å². The third kappa shape index (κ3) is 2.01. The van der Waals surface area contributed by atoms with Crippen LogP contribution in [-0.4, -0.2) is 14.5 Å². The summed E-state index contributed by atoms with van der Waals surface area (Å²) in [5.41, 5.74) is 2.82. The molecular formula is C17H13N3O. The van der Waals surface area contributed by atoms with Crippen LogP contribution in [0.15, 0.2) is 60.9 Å². The zero-order valence-corrected chi connectivity index (χ0v) is 11.5. The van der Waals surface area contributed by atoms with Crippen LogP contribution in [0.1, 0.15) is 0 Å². The second-order valence-corrected chi connectivity index (χ2v) is 4.91. The molecule has 2 aromatic heterocycles. The van der Waals surface area contributed by atoms with Gasteiger partial charge in [0, 0.05) is 18.6 Å². The number of ether oxygens (including phenoxy) is 1. The van der Waals surface area contributed by atoms with Gasteiger partial charge in [-0.05, 0) is 30.3 Å². The second-order valence-electron chi connectivity index (χ2n) is 4.91. The van der Waals surface area contributed by atoms with E-state index in [1.165, 1.54) is 0 Å². The summed E-state index contributed by atoms with van der Waals surface area (Å²) in [6.45, 7) is 0. The first-order valence-electron chi connectivity index (χ1n) is 6.75. The molecule has 0 aliphatic carbocycles. The van der Waals surface area contributed by atoms with E-state index in [0.29, 0.717) is 5.88 Å². The van der Waals surface area contributed by atoms with Crippen molar-refractivity contribution in [2.75, 3.05) is 0 Å². The lowest BCUT2D eigenvalue weighted by atomic mass is 10.2. The quantitative estimate of drug-likeness (QED) is 0.556. The molecule has 4 rings (SSSR count). The highest BCUT2D eigenvalue weighted by molar-refractivity contribution is 5.86. The van der Waals surface area contributed by atoms with Crippen LogP contribution in [0.3, 0.4) is 0 Å². The zero-order valence-electron chi connectivity index (χ0n) is 11.5. The summed E-state index contributed by atoms with van der Waals surface area (Å²) in [5, 5.41) is 1.06. The standard InChI is InChI=1S/C17H13N3O/c1-20-10-9-12-15(20)7-4-8-16(12)21-17-11-18-13-5-2-3-6-14(13)19-17/h2-11H,1H3. The Bertz CT molecular complexity index is 943. The molecular weight excluding hydrogens is 262 g/mol. The number of para-hydroxylation sites is 2. The van der Waals surface area contributed by atoms with Gasteiger partial charge in [-0.1, -0.05) is 18.2 Å². The van der Waals surface area contributed by atoms with Crippen molar-refractivity contribution in [2.24, 2.45) is 7.05 Å². The van der Waals surface area contributed by atoms with Gasteiger partial charge in [-0.15, -0.1) is 0 Å². The predicted octanol–water partition coefficient (Wildman–Crippen LogP) is 3.91. The van der Waals surface area contributed by atoms with Gasteiger partial charge in [0.05, 0.1) is 22.7 Å². The Hall–Kier alpha value is -2.88. The van der Waals surface area contributed by atoms with E-state index in [4.69, 9.17) is 4.74 Å². The molecule has 0 saturated carbocycles. The normalized spacial score (nSPS) is 11.1. The van der Waals surface area contributed by atoms with Gasteiger partial charge < -0.3 is 9.30 Å². The van der Waals surface area contributed by atoms with E-state index in [1.807, 2.05) is 55.7 Å². The summed E-state index contributed by atoms with van der Waals surface area (Å²) in [4.78, 5) is 8.86. The Morgan fingerprint density at radius 1 is 0.952 bits per heavy atom. The highest BCUT2D eigenvalue weighted by atomic mass is 16.5. The molecule has 0 aliphatic rings. The molecule has 0 radical (unpaired) electrons. The fourth-order valence-electron chi connectivity index (χ4n) is 2.47. The maximum absolute atomic E-state index is 5.93. The largest absolute Gasteiger partial charge is 0.437 e. The first-order chi connectivity index (χ1) is 10.3. The van der Waals surface area contributed by atoms with Gasteiger partial charge in [0.25, 0.3) is 0 Å². The average Bonchev–Trinajstić information content (AvgIpc) is 2.90. The van der Waals surface area contributed by atoms with Gasteiger partial charge in [-0.25, -0.2) is 9.97 Å². The molecule has 0 N–H and O–H groups in total. The summed E-state index contributed by atoms with van der Waals surface area (Å²) in [7, 11) is 2.02. The lowest BCUT2D eigenvalue weighted by molar-refractivity contribution is 0.468. The third-order valence-electron chi connectivity index (χ3n) is 3.53. The molecule has 2 heterocycles. The lowest BCUT2D eigenvalue weighted by Gasteiger charge is -2.07. The van der Waals surface area contributed by atoms with E-state index in [-0.39, 0.29) is 0 Å². The Morgan fingerprint density at radius 3 is 2.71 bits per heavy atom. The predicted molar refractivity (Wildman–Crippen MR) is 82.5 cm³/mol. The summed E-state index contributed by atoms with van der Waals surface area (Å²) in [6.07, 6.45) is 3.67. The minimum atomic E-state index is 0.505. The molecule has 4 heteroatoms. The topological polar surface area (TPSA) is 39.9 Å². The van der Waals surface area contributed by atoms with Gasteiger partial charge in [-0.2, -0.15) is 0 Å². The molecule has 2 aromatic carbocycles. The highest BCUT2D eigenvalue weighted by Gasteiger charge is 2.07. The van der Waals surface area contributed by atoms with Gasteiger partial charge in [0.1, 0.15) is 5.75 Å². The van der Waals surface area contributed by atoms with Crippen LogP contribution in [0.2, 0.25) is 0 Å². The van der Waals surface area contributed by atoms with Gasteiger partial charge >= 0.3 is 0 Å². The molecule has 0 atom stereocenters. The second kappa shape index (κ2) is 4.59. The van der Waals surface area contributed by atoms with E-state index in [0.717, 1.165) is 27.7 Å². The maximum Gasteiger partial charge on any atom is 0.238 e. The summed E-state index contributed by atoms with van der Waals surface area (Å²) < 4.78 is 7.99. The minimum Gasteiger partial charge on any atom is -0.437 e. The minimum absolute atomic E-state index is 0.505. The summed E-state index contributed by atoms with van der Waals surface area (Å²) in [6, 6.07) is 15.8. The molecule has 21 heavy (non-hydrogen) atoms. The number of hydrogen-bond donors (Lipinski definition) is 0. The van der Waals surface area contributed by atoms with Crippen molar-refractivity contribution in [3.8, 4) is 11.6 Å². The highest BCUT2D eigenvalue weighted by Crippen LogP contribution is 2.29. The monoisotopic (exact) mass is 275 g/mol. The SMILES string of the molecule is Cn1ccc2c(Oc3cnc4ccccc4n3)cccc21. The third-order valence-corrected chi connectivity index (χ3v) is 3.53. The Morgan fingerprint density at radius 2 is 1.81 bits per heavy atom. The maximum atomic E-state index is 5.93. The van der Waals surface area contributed by atoms with Crippen molar-refractivity contribution >= 4 is 21.9 Å². The molecule has 0 bridgehead atoms. The van der Waals surface area contributed by atoms with E-state index in [9.17, 15) is 0 Å². The molecule has 4 aromatic rings. The molecule has 0 aliphatic heterocycles. The number of rotatable bonds is 2. The Kier molecular flexibility index (Phi) is 2.60. The van der Waals surface area contributed by atoms with E-state index < -0.39 is 0 Å². The van der Waals surface area contributed by atoms with Crippen LogP contribution in [0.4, 0.5) is 0 Å². The summed E-state index contributed by atoms with van der Waals surface area (Å²) >= 11 is 0.